The second-order valence-corrected chi connectivity index (χ2v) is 5.27. The van der Waals surface area contributed by atoms with Crippen molar-refractivity contribution in [3.05, 3.63) is 64.6 Å². The van der Waals surface area contributed by atoms with Crippen LogP contribution in [0.1, 0.15) is 5.56 Å². The lowest BCUT2D eigenvalue weighted by Gasteiger charge is -2.08. The second-order valence-electron chi connectivity index (χ2n) is 4.36. The van der Waals surface area contributed by atoms with Crippen LogP contribution in [-0.2, 0) is 0 Å². The van der Waals surface area contributed by atoms with Crippen molar-refractivity contribution >= 4 is 26.7 Å². The lowest BCUT2D eigenvalue weighted by Crippen LogP contribution is -1.89. The molecule has 0 N–H and O–H groups in total. The third-order valence-electron chi connectivity index (χ3n) is 3.11. The van der Waals surface area contributed by atoms with E-state index in [1.54, 1.807) is 24.5 Å². The summed E-state index contributed by atoms with van der Waals surface area (Å²) in [6.07, 6.45) is 3.38. The Bertz CT molecular complexity index is 853. The van der Waals surface area contributed by atoms with Crippen molar-refractivity contribution in [3.63, 3.8) is 0 Å². The molecule has 3 rings (SSSR count). The number of fused-ring (bicyclic) bond motifs is 1. The minimum Gasteiger partial charge on any atom is -0.263 e. The number of halogens is 2. The fourth-order valence-corrected chi connectivity index (χ4v) is 2.51. The van der Waals surface area contributed by atoms with Crippen LogP contribution in [0.3, 0.4) is 0 Å². The number of nitriles is 1. The zero-order chi connectivity index (χ0) is 14.1. The fraction of sp³-hybridized carbons (Fsp3) is 0. The van der Waals surface area contributed by atoms with Crippen molar-refractivity contribution in [1.29, 1.82) is 5.26 Å². The largest absolute Gasteiger partial charge is 0.263 e. The quantitative estimate of drug-likeness (QED) is 0.651. The summed E-state index contributed by atoms with van der Waals surface area (Å²) in [6, 6.07) is 12.2. The number of aromatic nitrogens is 1. The van der Waals surface area contributed by atoms with E-state index in [0.717, 1.165) is 15.2 Å². The molecular formula is C16H8BrFN2. The number of hydrogen-bond acceptors (Lipinski definition) is 2. The Labute approximate surface area is 123 Å². The number of benzene rings is 2. The van der Waals surface area contributed by atoms with Crippen LogP contribution < -0.4 is 0 Å². The molecule has 2 nitrogen and oxygen atoms in total. The van der Waals surface area contributed by atoms with Crippen LogP contribution in [0.4, 0.5) is 4.39 Å². The average Bonchev–Trinajstić information content (AvgIpc) is 2.46. The van der Waals surface area contributed by atoms with E-state index in [1.807, 2.05) is 24.3 Å². The van der Waals surface area contributed by atoms with Crippen LogP contribution in [0.5, 0.6) is 0 Å². The normalized spacial score (nSPS) is 10.4. The molecule has 0 spiro atoms. The fourth-order valence-electron chi connectivity index (χ4n) is 2.15. The van der Waals surface area contributed by atoms with Gasteiger partial charge in [-0.3, -0.25) is 4.98 Å². The van der Waals surface area contributed by atoms with Crippen molar-refractivity contribution in [3.8, 4) is 17.2 Å². The van der Waals surface area contributed by atoms with Gasteiger partial charge in [0.2, 0.25) is 0 Å². The van der Waals surface area contributed by atoms with Crippen molar-refractivity contribution in [2.75, 3.05) is 0 Å². The molecule has 20 heavy (non-hydrogen) atoms. The molecule has 2 aromatic carbocycles. The number of rotatable bonds is 1. The van der Waals surface area contributed by atoms with Gasteiger partial charge in [0.1, 0.15) is 5.82 Å². The van der Waals surface area contributed by atoms with E-state index in [2.05, 4.69) is 20.9 Å². The summed E-state index contributed by atoms with van der Waals surface area (Å²) >= 11 is 3.42. The van der Waals surface area contributed by atoms with Crippen molar-refractivity contribution in [2.45, 2.75) is 0 Å². The van der Waals surface area contributed by atoms with Gasteiger partial charge in [-0.15, -0.1) is 0 Å². The smallest absolute Gasteiger partial charge is 0.132 e. The molecule has 0 unspecified atom stereocenters. The third kappa shape index (κ3) is 2.17. The zero-order valence-corrected chi connectivity index (χ0v) is 11.9. The standard InChI is InChI=1S/C16H8BrFN2/c17-12-3-2-11-8-20-9-15(14(11)6-12)13-4-1-10(7-19)5-16(13)18/h1-6,8-9H. The summed E-state index contributed by atoms with van der Waals surface area (Å²) in [5.74, 6) is -0.418. The maximum absolute atomic E-state index is 14.2. The minimum atomic E-state index is -0.418. The predicted octanol–water partition coefficient (Wildman–Crippen LogP) is 4.68. The first-order chi connectivity index (χ1) is 9.69. The first-order valence-electron chi connectivity index (χ1n) is 5.92. The number of nitrogens with zero attached hydrogens (tertiary/aromatic N) is 2. The molecule has 0 saturated carbocycles. The molecule has 1 heterocycles. The zero-order valence-electron chi connectivity index (χ0n) is 10.3. The van der Waals surface area contributed by atoms with E-state index < -0.39 is 5.82 Å². The van der Waals surface area contributed by atoms with Gasteiger partial charge in [-0.2, -0.15) is 5.26 Å². The SMILES string of the molecule is N#Cc1ccc(-c2cncc3ccc(Br)cc23)c(F)c1. The summed E-state index contributed by atoms with van der Waals surface area (Å²) in [5.41, 5.74) is 1.46. The van der Waals surface area contributed by atoms with E-state index in [4.69, 9.17) is 5.26 Å². The minimum absolute atomic E-state index is 0.306. The van der Waals surface area contributed by atoms with Gasteiger partial charge in [0.15, 0.2) is 0 Å². The van der Waals surface area contributed by atoms with Gasteiger partial charge in [0.05, 0.1) is 11.6 Å². The van der Waals surface area contributed by atoms with E-state index >= 15 is 0 Å². The van der Waals surface area contributed by atoms with Gasteiger partial charge in [-0.1, -0.05) is 28.1 Å². The first kappa shape index (κ1) is 12.8. The van der Waals surface area contributed by atoms with Crippen molar-refractivity contribution in [2.24, 2.45) is 0 Å². The lowest BCUT2D eigenvalue weighted by molar-refractivity contribution is 0.631. The van der Waals surface area contributed by atoms with E-state index in [1.165, 1.54) is 6.07 Å². The summed E-state index contributed by atoms with van der Waals surface area (Å²) in [4.78, 5) is 4.16. The molecule has 0 radical (unpaired) electrons. The van der Waals surface area contributed by atoms with Gasteiger partial charge < -0.3 is 0 Å². The maximum atomic E-state index is 14.2. The van der Waals surface area contributed by atoms with Crippen LogP contribution in [0.2, 0.25) is 0 Å². The van der Waals surface area contributed by atoms with Crippen LogP contribution in [0, 0.1) is 17.1 Å². The molecule has 0 saturated heterocycles. The lowest BCUT2D eigenvalue weighted by atomic mass is 9.99. The van der Waals surface area contributed by atoms with Gasteiger partial charge in [-0.05, 0) is 29.7 Å². The molecule has 0 aliphatic carbocycles. The van der Waals surface area contributed by atoms with Crippen molar-refractivity contribution in [1.82, 2.24) is 4.98 Å². The van der Waals surface area contributed by atoms with E-state index in [-0.39, 0.29) is 0 Å². The van der Waals surface area contributed by atoms with E-state index in [0.29, 0.717) is 16.7 Å². The first-order valence-corrected chi connectivity index (χ1v) is 6.71. The summed E-state index contributed by atoms with van der Waals surface area (Å²) in [7, 11) is 0. The topological polar surface area (TPSA) is 36.7 Å². The molecule has 0 aliphatic rings. The molecule has 0 amide bonds. The molecule has 3 aromatic rings. The number of pyridine rings is 1. The Balaban J connectivity index is 2.30. The Morgan fingerprint density at radius 3 is 2.65 bits per heavy atom. The van der Waals surface area contributed by atoms with Gasteiger partial charge in [0.25, 0.3) is 0 Å². The highest BCUT2D eigenvalue weighted by Crippen LogP contribution is 2.31. The van der Waals surface area contributed by atoms with Crippen LogP contribution in [0.15, 0.2) is 53.3 Å². The Hall–Kier alpha value is -2.25. The van der Waals surface area contributed by atoms with Crippen LogP contribution in [-0.4, -0.2) is 4.98 Å². The summed E-state index contributed by atoms with van der Waals surface area (Å²) in [6.45, 7) is 0. The highest BCUT2D eigenvalue weighted by molar-refractivity contribution is 9.10. The van der Waals surface area contributed by atoms with Gasteiger partial charge >= 0.3 is 0 Å². The maximum Gasteiger partial charge on any atom is 0.132 e. The molecule has 0 bridgehead atoms. The molecule has 0 aliphatic heterocycles. The Morgan fingerprint density at radius 1 is 1.05 bits per heavy atom. The third-order valence-corrected chi connectivity index (χ3v) is 3.60. The Kier molecular flexibility index (Phi) is 3.21. The van der Waals surface area contributed by atoms with Crippen LogP contribution in [0.25, 0.3) is 21.9 Å². The van der Waals surface area contributed by atoms with Crippen molar-refractivity contribution < 1.29 is 4.39 Å². The summed E-state index contributed by atoms with van der Waals surface area (Å²) in [5, 5.41) is 10.7. The van der Waals surface area contributed by atoms with E-state index in [9.17, 15) is 4.39 Å². The Morgan fingerprint density at radius 2 is 1.90 bits per heavy atom. The summed E-state index contributed by atoms with van der Waals surface area (Å²) < 4.78 is 15.1. The van der Waals surface area contributed by atoms with Crippen LogP contribution >= 0.6 is 15.9 Å². The second kappa shape index (κ2) is 5.03. The predicted molar refractivity (Wildman–Crippen MR) is 79.6 cm³/mol. The highest BCUT2D eigenvalue weighted by atomic mass is 79.9. The van der Waals surface area contributed by atoms with Gasteiger partial charge in [-0.25, -0.2) is 4.39 Å². The monoisotopic (exact) mass is 326 g/mol. The molecule has 0 atom stereocenters. The highest BCUT2D eigenvalue weighted by Gasteiger charge is 2.10. The molecular weight excluding hydrogens is 319 g/mol. The molecule has 96 valence electrons. The average molecular weight is 327 g/mol. The molecule has 4 heteroatoms. The number of hydrogen-bond donors (Lipinski definition) is 0. The molecule has 0 fully saturated rings. The molecule has 1 aromatic heterocycles. The van der Waals surface area contributed by atoms with Gasteiger partial charge in [0, 0.05) is 33.4 Å².